The number of allylic oxidation sites excluding steroid dienone is 2. The maximum Gasteiger partial charge on any atom is 0.224 e. The summed E-state index contributed by atoms with van der Waals surface area (Å²) in [5.41, 5.74) is 1.32. The summed E-state index contributed by atoms with van der Waals surface area (Å²) in [6.07, 6.45) is 2.89. The second-order valence-electron chi connectivity index (χ2n) is 7.52. The lowest BCUT2D eigenvalue weighted by Crippen LogP contribution is -2.29. The van der Waals surface area contributed by atoms with Crippen molar-refractivity contribution >= 4 is 18.1 Å². The number of nitrogens with one attached hydrogen (secondary N) is 2. The Bertz CT molecular complexity index is 664. The number of hydrogen-bond acceptors (Lipinski definition) is 3. The Kier molecular flexibility index (Phi) is 5.14. The highest BCUT2D eigenvalue weighted by molar-refractivity contribution is 7.71. The Morgan fingerprint density at radius 3 is 2.70 bits per heavy atom. The molecule has 23 heavy (non-hydrogen) atoms. The van der Waals surface area contributed by atoms with Gasteiger partial charge >= 0.3 is 0 Å². The van der Waals surface area contributed by atoms with Gasteiger partial charge in [0.05, 0.1) is 5.92 Å². The number of aromatic amines is 1. The summed E-state index contributed by atoms with van der Waals surface area (Å²) in [6.45, 7) is 13.2. The molecular formula is C17H28N4OS. The smallest absolute Gasteiger partial charge is 0.224 e. The zero-order valence-electron chi connectivity index (χ0n) is 14.9. The van der Waals surface area contributed by atoms with Gasteiger partial charge in [0, 0.05) is 19.0 Å². The van der Waals surface area contributed by atoms with Crippen LogP contribution in [-0.4, -0.2) is 27.2 Å². The van der Waals surface area contributed by atoms with Crippen molar-refractivity contribution in [2.24, 2.45) is 17.3 Å². The standard InChI is InChI=1S/C17H28N4OS/c1-10(2)9-12-14(17(12,5)6)15(22)18-8-7-13-19-20-16(23)21(13)11(3)4/h9,11-12,14H,7-8H2,1-6H3,(H,18,22)(H,20,23)/t12-,14+/m0/s1. The Morgan fingerprint density at radius 2 is 2.13 bits per heavy atom. The Labute approximate surface area is 143 Å². The average Bonchev–Trinajstić information content (AvgIpc) is 2.76. The van der Waals surface area contributed by atoms with Crippen LogP contribution >= 0.6 is 12.2 Å². The van der Waals surface area contributed by atoms with E-state index in [0.29, 0.717) is 23.7 Å². The van der Waals surface area contributed by atoms with E-state index in [0.717, 1.165) is 5.82 Å². The first kappa shape index (κ1) is 17.9. The van der Waals surface area contributed by atoms with Crippen molar-refractivity contribution in [3.8, 4) is 0 Å². The second-order valence-corrected chi connectivity index (χ2v) is 7.91. The molecule has 0 aromatic carbocycles. The summed E-state index contributed by atoms with van der Waals surface area (Å²) in [4.78, 5) is 12.4. The summed E-state index contributed by atoms with van der Waals surface area (Å²) in [5, 5.41) is 10.1. The lowest BCUT2D eigenvalue weighted by molar-refractivity contribution is -0.123. The van der Waals surface area contributed by atoms with Crippen LogP contribution in [0.3, 0.4) is 0 Å². The van der Waals surface area contributed by atoms with Gasteiger partial charge in [0.1, 0.15) is 5.82 Å². The van der Waals surface area contributed by atoms with Gasteiger partial charge in [-0.15, -0.1) is 0 Å². The lowest BCUT2D eigenvalue weighted by atomic mass is 10.1. The lowest BCUT2D eigenvalue weighted by Gasteiger charge is -2.11. The van der Waals surface area contributed by atoms with Gasteiger partial charge in [-0.2, -0.15) is 5.10 Å². The molecule has 1 fully saturated rings. The van der Waals surface area contributed by atoms with E-state index in [2.05, 4.69) is 63.1 Å². The third-order valence-electron chi connectivity index (χ3n) is 4.65. The van der Waals surface area contributed by atoms with Gasteiger partial charge in [-0.3, -0.25) is 9.89 Å². The fourth-order valence-corrected chi connectivity index (χ4v) is 3.66. The van der Waals surface area contributed by atoms with Crippen molar-refractivity contribution < 1.29 is 4.79 Å². The third kappa shape index (κ3) is 3.74. The maximum absolute atomic E-state index is 12.4. The molecule has 6 heteroatoms. The Hall–Kier alpha value is -1.43. The van der Waals surface area contributed by atoms with Crippen LogP contribution in [0.5, 0.6) is 0 Å². The van der Waals surface area contributed by atoms with Crippen LogP contribution in [0.15, 0.2) is 11.6 Å². The number of carbonyl (C=O) groups excluding carboxylic acids is 1. The Balaban J connectivity index is 1.92. The van der Waals surface area contributed by atoms with E-state index in [1.54, 1.807) is 0 Å². The highest BCUT2D eigenvalue weighted by atomic mass is 32.1. The highest BCUT2D eigenvalue weighted by Crippen LogP contribution is 2.59. The van der Waals surface area contributed by atoms with Gasteiger partial charge in [-0.1, -0.05) is 25.5 Å². The number of carbonyl (C=O) groups is 1. The minimum absolute atomic E-state index is 0.0549. The average molecular weight is 337 g/mol. The van der Waals surface area contributed by atoms with Gasteiger partial charge in [0.25, 0.3) is 0 Å². The van der Waals surface area contributed by atoms with Crippen molar-refractivity contribution in [1.29, 1.82) is 0 Å². The summed E-state index contributed by atoms with van der Waals surface area (Å²) < 4.78 is 2.63. The molecule has 1 heterocycles. The zero-order chi connectivity index (χ0) is 17.4. The van der Waals surface area contributed by atoms with Crippen LogP contribution in [0.1, 0.15) is 53.4 Å². The van der Waals surface area contributed by atoms with Crippen molar-refractivity contribution in [3.63, 3.8) is 0 Å². The third-order valence-corrected chi connectivity index (χ3v) is 4.94. The van der Waals surface area contributed by atoms with Gasteiger partial charge in [-0.25, -0.2) is 0 Å². The summed E-state index contributed by atoms with van der Waals surface area (Å²) >= 11 is 5.24. The van der Waals surface area contributed by atoms with Gasteiger partial charge in [-0.05, 0) is 51.2 Å². The predicted octanol–water partition coefficient (Wildman–Crippen LogP) is 3.42. The maximum atomic E-state index is 12.4. The minimum Gasteiger partial charge on any atom is -0.355 e. The number of nitrogens with zero attached hydrogens (tertiary/aromatic N) is 2. The molecule has 1 aliphatic rings. The van der Waals surface area contributed by atoms with Gasteiger partial charge in [0.2, 0.25) is 5.91 Å². The molecule has 0 radical (unpaired) electrons. The fourth-order valence-electron chi connectivity index (χ4n) is 3.30. The van der Waals surface area contributed by atoms with Crippen LogP contribution < -0.4 is 5.32 Å². The largest absolute Gasteiger partial charge is 0.355 e. The van der Waals surface area contributed by atoms with Crippen LogP contribution in [0.2, 0.25) is 0 Å². The molecule has 128 valence electrons. The molecule has 1 aliphatic carbocycles. The second kappa shape index (κ2) is 6.59. The van der Waals surface area contributed by atoms with Crippen molar-refractivity contribution in [3.05, 3.63) is 22.2 Å². The van der Waals surface area contributed by atoms with Crippen LogP contribution in [0, 0.1) is 22.0 Å². The molecule has 1 amide bonds. The number of amides is 1. The first-order valence-electron chi connectivity index (χ1n) is 8.24. The molecule has 0 aliphatic heterocycles. The van der Waals surface area contributed by atoms with Crippen molar-refractivity contribution in [2.75, 3.05) is 6.54 Å². The van der Waals surface area contributed by atoms with Gasteiger partial charge in [0.15, 0.2) is 4.77 Å². The number of aromatic nitrogens is 3. The molecule has 0 unspecified atom stereocenters. The number of H-pyrrole nitrogens is 1. The number of hydrogen-bond donors (Lipinski definition) is 2. The summed E-state index contributed by atoms with van der Waals surface area (Å²) in [5.74, 6) is 1.45. The molecule has 0 spiro atoms. The SMILES string of the molecule is CC(C)=C[C@H]1[C@H](C(=O)NCCc2n[nH]c(=S)n2C(C)C)C1(C)C. The molecular weight excluding hydrogens is 308 g/mol. The zero-order valence-corrected chi connectivity index (χ0v) is 15.8. The molecule has 0 bridgehead atoms. The Morgan fingerprint density at radius 1 is 1.48 bits per heavy atom. The van der Waals surface area contributed by atoms with E-state index in [-0.39, 0.29) is 23.3 Å². The molecule has 1 aromatic rings. The monoisotopic (exact) mass is 336 g/mol. The van der Waals surface area contributed by atoms with Gasteiger partial charge < -0.3 is 9.88 Å². The molecule has 2 N–H and O–H groups in total. The first-order chi connectivity index (χ1) is 10.7. The van der Waals surface area contributed by atoms with Crippen molar-refractivity contribution in [1.82, 2.24) is 20.1 Å². The molecule has 5 nitrogen and oxygen atoms in total. The molecule has 0 saturated heterocycles. The molecule has 1 saturated carbocycles. The van der Waals surface area contributed by atoms with E-state index < -0.39 is 0 Å². The topological polar surface area (TPSA) is 62.7 Å². The molecule has 2 rings (SSSR count). The molecule has 1 aromatic heterocycles. The summed E-state index contributed by atoms with van der Waals surface area (Å²) in [7, 11) is 0. The van der Waals surface area contributed by atoms with E-state index in [4.69, 9.17) is 12.2 Å². The van der Waals surface area contributed by atoms with E-state index in [9.17, 15) is 4.79 Å². The van der Waals surface area contributed by atoms with Crippen LogP contribution in [0.4, 0.5) is 0 Å². The predicted molar refractivity (Wildman–Crippen MR) is 94.7 cm³/mol. The number of rotatable bonds is 6. The molecule has 2 atom stereocenters. The highest BCUT2D eigenvalue weighted by Gasteiger charge is 2.60. The minimum atomic E-state index is 0.0549. The van der Waals surface area contributed by atoms with E-state index in [1.165, 1.54) is 5.57 Å². The van der Waals surface area contributed by atoms with E-state index >= 15 is 0 Å². The van der Waals surface area contributed by atoms with E-state index in [1.807, 2.05) is 4.57 Å². The van der Waals surface area contributed by atoms with Crippen LogP contribution in [0.25, 0.3) is 0 Å². The van der Waals surface area contributed by atoms with Crippen LogP contribution in [-0.2, 0) is 11.2 Å². The fraction of sp³-hybridized carbons (Fsp3) is 0.706. The quantitative estimate of drug-likeness (QED) is 0.618. The summed E-state index contributed by atoms with van der Waals surface area (Å²) in [6, 6.07) is 0.261. The normalized spacial score (nSPS) is 22.0. The first-order valence-corrected chi connectivity index (χ1v) is 8.65. The van der Waals surface area contributed by atoms with Crippen molar-refractivity contribution in [2.45, 2.75) is 54.0 Å².